The van der Waals surface area contributed by atoms with Gasteiger partial charge in [0.2, 0.25) is 5.91 Å². The van der Waals surface area contributed by atoms with Crippen LogP contribution in [0.1, 0.15) is 18.0 Å². The number of aryl methyl sites for hydroxylation is 1. The first-order chi connectivity index (χ1) is 13.6. The molecule has 28 heavy (non-hydrogen) atoms. The van der Waals surface area contributed by atoms with Gasteiger partial charge >= 0.3 is 0 Å². The van der Waals surface area contributed by atoms with Crippen molar-refractivity contribution in [1.82, 2.24) is 14.9 Å². The lowest BCUT2D eigenvalue weighted by molar-refractivity contribution is -0.130. The highest BCUT2D eigenvalue weighted by Crippen LogP contribution is 2.22. The molecule has 4 rings (SSSR count). The van der Waals surface area contributed by atoms with E-state index in [9.17, 15) is 9.59 Å². The van der Waals surface area contributed by atoms with Crippen molar-refractivity contribution in [2.45, 2.75) is 19.4 Å². The number of H-pyrrole nitrogens is 1. The molecule has 3 aromatic heterocycles. The van der Waals surface area contributed by atoms with E-state index in [0.29, 0.717) is 28.9 Å². The van der Waals surface area contributed by atoms with Crippen molar-refractivity contribution in [1.29, 1.82) is 0 Å². The summed E-state index contributed by atoms with van der Waals surface area (Å²) in [7, 11) is 1.71. The Kier molecular flexibility index (Phi) is 5.08. The second kappa shape index (κ2) is 7.82. The van der Waals surface area contributed by atoms with E-state index < -0.39 is 0 Å². The predicted molar refractivity (Wildman–Crippen MR) is 109 cm³/mol. The van der Waals surface area contributed by atoms with Crippen LogP contribution in [0.4, 0.5) is 0 Å². The maximum Gasteiger partial charge on any atom is 0.268 e. The number of nitrogens with zero attached hydrogens (tertiary/aromatic N) is 2. The number of aromatic nitrogens is 2. The molecule has 142 valence electrons. The van der Waals surface area contributed by atoms with Crippen LogP contribution in [0.15, 0.2) is 63.1 Å². The Bertz CT molecular complexity index is 1160. The van der Waals surface area contributed by atoms with Crippen molar-refractivity contribution in [3.8, 4) is 11.3 Å². The van der Waals surface area contributed by atoms with Crippen LogP contribution in [0.5, 0.6) is 0 Å². The Labute approximate surface area is 165 Å². The predicted octanol–water partition coefficient (Wildman–Crippen LogP) is 3.84. The lowest BCUT2D eigenvalue weighted by Crippen LogP contribution is -2.28. The van der Waals surface area contributed by atoms with E-state index in [0.717, 1.165) is 17.1 Å². The zero-order chi connectivity index (χ0) is 19.5. The molecule has 0 spiro atoms. The van der Waals surface area contributed by atoms with Crippen molar-refractivity contribution in [3.05, 3.63) is 75.8 Å². The Morgan fingerprint density at radius 2 is 2.00 bits per heavy atom. The molecule has 6 nitrogen and oxygen atoms in total. The highest BCUT2D eigenvalue weighted by atomic mass is 32.1. The van der Waals surface area contributed by atoms with Gasteiger partial charge in [0.15, 0.2) is 0 Å². The van der Waals surface area contributed by atoms with Crippen molar-refractivity contribution >= 4 is 27.5 Å². The van der Waals surface area contributed by atoms with E-state index in [1.807, 2.05) is 53.9 Å². The molecular weight excluding hydrogens is 374 g/mol. The van der Waals surface area contributed by atoms with Gasteiger partial charge in [-0.3, -0.25) is 9.59 Å². The molecule has 0 unspecified atom stereocenters. The number of nitrogens with one attached hydrogen (secondary N) is 1. The van der Waals surface area contributed by atoms with Crippen molar-refractivity contribution in [2.24, 2.45) is 0 Å². The zero-order valence-corrected chi connectivity index (χ0v) is 16.2. The van der Waals surface area contributed by atoms with Crippen molar-refractivity contribution in [3.63, 3.8) is 0 Å². The molecule has 1 aromatic carbocycles. The lowest BCUT2D eigenvalue weighted by atomic mass is 10.2. The van der Waals surface area contributed by atoms with Gasteiger partial charge in [0, 0.05) is 25.5 Å². The number of furan rings is 1. The molecule has 7 heteroatoms. The van der Waals surface area contributed by atoms with Crippen LogP contribution >= 0.6 is 11.3 Å². The van der Waals surface area contributed by atoms with Gasteiger partial charge in [0.1, 0.15) is 22.0 Å². The van der Waals surface area contributed by atoms with Gasteiger partial charge in [-0.15, -0.1) is 11.3 Å². The summed E-state index contributed by atoms with van der Waals surface area (Å²) in [4.78, 5) is 33.2. The number of aromatic amines is 1. The first-order valence-electron chi connectivity index (χ1n) is 8.94. The third-order valence-electron chi connectivity index (χ3n) is 4.48. The normalized spacial score (nSPS) is 11.0. The van der Waals surface area contributed by atoms with E-state index in [1.54, 1.807) is 11.9 Å². The molecule has 0 aliphatic rings. The number of carbonyl (C=O) groups is 1. The Hall–Kier alpha value is -3.19. The summed E-state index contributed by atoms with van der Waals surface area (Å²) in [5, 5.41) is 1.83. The fourth-order valence-corrected chi connectivity index (χ4v) is 3.73. The largest absolute Gasteiger partial charge is 0.461 e. The SMILES string of the molecule is CN(Cc1nc2ccsc2c(=O)[nH]1)C(=O)CCc1ccc(-c2ccccc2)o1. The van der Waals surface area contributed by atoms with Gasteiger partial charge in [-0.25, -0.2) is 4.98 Å². The summed E-state index contributed by atoms with van der Waals surface area (Å²) in [6, 6.07) is 15.5. The molecule has 0 radical (unpaired) electrons. The van der Waals surface area contributed by atoms with E-state index in [4.69, 9.17) is 4.42 Å². The number of fused-ring (bicyclic) bond motifs is 1. The molecular formula is C21H19N3O3S. The number of hydrogen-bond donors (Lipinski definition) is 1. The minimum absolute atomic E-state index is 0.0364. The fraction of sp³-hybridized carbons (Fsp3) is 0.190. The molecule has 3 heterocycles. The van der Waals surface area contributed by atoms with Gasteiger partial charge in [-0.1, -0.05) is 30.3 Å². The number of amides is 1. The van der Waals surface area contributed by atoms with E-state index in [2.05, 4.69) is 9.97 Å². The Morgan fingerprint density at radius 3 is 2.82 bits per heavy atom. The van der Waals surface area contributed by atoms with Crippen LogP contribution in [0.2, 0.25) is 0 Å². The fourth-order valence-electron chi connectivity index (χ4n) is 3.00. The Morgan fingerprint density at radius 1 is 1.18 bits per heavy atom. The zero-order valence-electron chi connectivity index (χ0n) is 15.3. The van der Waals surface area contributed by atoms with E-state index >= 15 is 0 Å². The average Bonchev–Trinajstić information content (AvgIpc) is 3.36. The molecule has 1 N–H and O–H groups in total. The van der Waals surface area contributed by atoms with Crippen LogP contribution in [0.25, 0.3) is 21.5 Å². The monoisotopic (exact) mass is 393 g/mol. The van der Waals surface area contributed by atoms with Crippen LogP contribution in [0, 0.1) is 0 Å². The third-order valence-corrected chi connectivity index (χ3v) is 5.38. The quantitative estimate of drug-likeness (QED) is 0.540. The molecule has 0 aliphatic heterocycles. The summed E-state index contributed by atoms with van der Waals surface area (Å²) in [6.07, 6.45) is 0.840. The minimum Gasteiger partial charge on any atom is -0.461 e. The van der Waals surface area contributed by atoms with Gasteiger partial charge < -0.3 is 14.3 Å². The van der Waals surface area contributed by atoms with Gasteiger partial charge in [0.25, 0.3) is 5.56 Å². The van der Waals surface area contributed by atoms with Gasteiger partial charge in [0.05, 0.1) is 12.1 Å². The van der Waals surface area contributed by atoms with Crippen molar-refractivity contribution < 1.29 is 9.21 Å². The maximum atomic E-state index is 12.5. The highest BCUT2D eigenvalue weighted by Gasteiger charge is 2.14. The molecule has 0 saturated carbocycles. The maximum absolute atomic E-state index is 12.5. The summed E-state index contributed by atoms with van der Waals surface area (Å²) in [6.45, 7) is 0.257. The van der Waals surface area contributed by atoms with Crippen molar-refractivity contribution in [2.75, 3.05) is 7.05 Å². The molecule has 0 bridgehead atoms. The molecule has 0 atom stereocenters. The second-order valence-corrected chi connectivity index (χ2v) is 7.45. The number of rotatable bonds is 6. The van der Waals surface area contributed by atoms with Crippen LogP contribution in [-0.2, 0) is 17.8 Å². The summed E-state index contributed by atoms with van der Waals surface area (Å²) < 4.78 is 6.45. The topological polar surface area (TPSA) is 79.2 Å². The standard InChI is InChI=1S/C21H19N3O3S/c1-24(13-18-22-16-11-12-28-20(16)21(26)23-18)19(25)10-8-15-7-9-17(27-15)14-5-3-2-4-6-14/h2-7,9,11-12H,8,10,13H2,1H3,(H,22,23,26). The Balaban J connectivity index is 1.37. The smallest absolute Gasteiger partial charge is 0.268 e. The molecule has 0 aliphatic carbocycles. The number of benzene rings is 1. The number of carbonyl (C=O) groups excluding carboxylic acids is 1. The average molecular weight is 393 g/mol. The van der Waals surface area contributed by atoms with Gasteiger partial charge in [-0.05, 0) is 23.6 Å². The highest BCUT2D eigenvalue weighted by molar-refractivity contribution is 7.17. The molecule has 0 saturated heterocycles. The lowest BCUT2D eigenvalue weighted by Gasteiger charge is -2.16. The van der Waals surface area contributed by atoms with Crippen LogP contribution in [0.3, 0.4) is 0 Å². The first kappa shape index (κ1) is 18.2. The molecule has 0 fully saturated rings. The van der Waals surface area contributed by atoms with Gasteiger partial charge in [-0.2, -0.15) is 0 Å². The summed E-state index contributed by atoms with van der Waals surface area (Å²) in [5.41, 5.74) is 1.50. The van der Waals surface area contributed by atoms with Crippen LogP contribution in [-0.4, -0.2) is 27.8 Å². The molecule has 1 amide bonds. The summed E-state index contributed by atoms with van der Waals surface area (Å²) >= 11 is 1.36. The number of thiophene rings is 1. The van der Waals surface area contributed by atoms with E-state index in [1.165, 1.54) is 11.3 Å². The minimum atomic E-state index is -0.167. The second-order valence-electron chi connectivity index (χ2n) is 6.53. The third kappa shape index (κ3) is 3.89. The first-order valence-corrected chi connectivity index (χ1v) is 9.82. The summed E-state index contributed by atoms with van der Waals surface area (Å²) in [5.74, 6) is 2.01. The van der Waals surface area contributed by atoms with Crippen LogP contribution < -0.4 is 5.56 Å². The van der Waals surface area contributed by atoms with E-state index in [-0.39, 0.29) is 18.0 Å². The number of hydrogen-bond acceptors (Lipinski definition) is 5. The molecule has 4 aromatic rings.